The fraction of sp³-hybridized carbons (Fsp3) is 0.538. The number of amides is 2. The van der Waals surface area contributed by atoms with Gasteiger partial charge in [-0.1, -0.05) is 69.4 Å². The van der Waals surface area contributed by atoms with Crippen molar-refractivity contribution in [2.45, 2.75) is 93.7 Å². The van der Waals surface area contributed by atoms with Gasteiger partial charge in [-0.25, -0.2) is 38.4 Å². The number of esters is 4. The molecule has 1 rings (SSSR count). The molecule has 0 saturated carbocycles. The monoisotopic (exact) mass is 1080 g/mol. The number of rotatable bonds is 21. The van der Waals surface area contributed by atoms with Crippen molar-refractivity contribution in [2.24, 2.45) is 9.98 Å². The van der Waals surface area contributed by atoms with E-state index in [9.17, 15) is 38.4 Å². The number of halogens is 1. The van der Waals surface area contributed by atoms with Crippen LogP contribution in [0.3, 0.4) is 0 Å². The third kappa shape index (κ3) is 60.0. The SMILES string of the molecule is C.C.C.C=CC(=O)OCC(CC)OC(=O)NCNC(=O)OC(CC)COC(=O)C(=C)C.C=CC(=O)OCC(O)CC.C=CC(=O)OCC1CO1.O=C=NCN=C=O.[CH2]=[V].[CH2]=[V][I]. The molecular weight excluding hydrogens is 1010 g/mol. The van der Waals surface area contributed by atoms with E-state index in [4.69, 9.17) is 28.8 Å². The van der Waals surface area contributed by atoms with E-state index in [1.165, 1.54) is 19.1 Å². The molecule has 0 radical (unpaired) electrons. The Balaban J connectivity index is -0.000000117. The van der Waals surface area contributed by atoms with Gasteiger partial charge in [0.15, 0.2) is 6.67 Å². The molecule has 1 saturated heterocycles. The molecule has 4 atom stereocenters. The molecule has 3 N–H and O–H groups in total. The van der Waals surface area contributed by atoms with Crippen LogP contribution in [0.1, 0.15) is 69.2 Å². The Labute approximate surface area is 393 Å². The fourth-order valence-corrected chi connectivity index (χ4v) is 2.42. The Morgan fingerprint density at radius 2 is 1.18 bits per heavy atom. The fourth-order valence-electron chi connectivity index (χ4n) is 2.42. The van der Waals surface area contributed by atoms with Gasteiger partial charge in [0.25, 0.3) is 0 Å². The summed E-state index contributed by atoms with van der Waals surface area (Å²) < 4.78 is 33.8. The minimum atomic E-state index is -0.802. The zero-order chi connectivity index (χ0) is 46.4. The van der Waals surface area contributed by atoms with Crippen molar-refractivity contribution >= 4 is 78.7 Å². The molecule has 0 aromatic carbocycles. The Bertz CT molecular complexity index is 1370. The van der Waals surface area contributed by atoms with Crippen LogP contribution in [0.15, 0.2) is 60.1 Å². The number of aliphatic hydroxyl groups excluding tert-OH is 1. The van der Waals surface area contributed by atoms with Crippen LogP contribution in [-0.4, -0.2) is 135 Å². The first kappa shape index (κ1) is 75.1. The van der Waals surface area contributed by atoms with E-state index in [2.05, 4.69) is 104 Å². The predicted octanol–water partition coefficient (Wildman–Crippen LogP) is 4.74. The van der Waals surface area contributed by atoms with Gasteiger partial charge in [0.1, 0.15) is 44.7 Å². The van der Waals surface area contributed by atoms with Gasteiger partial charge in [-0.15, -0.1) is 0 Å². The number of alkyl carbamates (subject to hydrolysis) is 2. The van der Waals surface area contributed by atoms with Crippen LogP contribution < -0.4 is 10.6 Å². The van der Waals surface area contributed by atoms with Gasteiger partial charge in [0.2, 0.25) is 12.2 Å². The van der Waals surface area contributed by atoms with Gasteiger partial charge in [-0.05, 0) is 26.2 Å². The number of aliphatic imine (C=N–C) groups is 2. The topological polar surface area (TPSA) is 273 Å². The normalized spacial score (nSPS) is 11.6. The van der Waals surface area contributed by atoms with Crippen molar-refractivity contribution in [3.63, 3.8) is 0 Å². The predicted molar refractivity (Wildman–Crippen MR) is 237 cm³/mol. The molecule has 1 aliphatic heterocycles. The molecule has 23 heteroatoms. The van der Waals surface area contributed by atoms with Crippen LogP contribution in [0.4, 0.5) is 9.59 Å². The van der Waals surface area contributed by atoms with Crippen LogP contribution in [0.2, 0.25) is 0 Å². The van der Waals surface area contributed by atoms with Crippen molar-refractivity contribution in [1.29, 1.82) is 0 Å². The number of ether oxygens (including phenoxy) is 7. The summed E-state index contributed by atoms with van der Waals surface area (Å²) >= 11 is 4.74. The number of isocyanates is 2. The van der Waals surface area contributed by atoms with Gasteiger partial charge in [0.05, 0.1) is 19.4 Å². The van der Waals surface area contributed by atoms with Crippen LogP contribution >= 0.6 is 20.0 Å². The van der Waals surface area contributed by atoms with Gasteiger partial charge in [0, 0.05) is 23.8 Å². The Morgan fingerprint density at radius 3 is 1.50 bits per heavy atom. The maximum absolute atomic E-state index is 11.7. The van der Waals surface area contributed by atoms with Crippen molar-refractivity contribution in [2.75, 3.05) is 46.4 Å². The molecule has 4 unspecified atom stereocenters. The summed E-state index contributed by atoms with van der Waals surface area (Å²) in [6.07, 6.45) is 3.78. The Hall–Kier alpha value is -4.30. The maximum atomic E-state index is 11.7. The van der Waals surface area contributed by atoms with Gasteiger partial charge in [-0.3, -0.25) is 0 Å². The first-order valence-electron chi connectivity index (χ1n) is 16.9. The third-order valence-corrected chi connectivity index (χ3v) is 5.56. The molecule has 0 aliphatic carbocycles. The van der Waals surface area contributed by atoms with Crippen LogP contribution in [0, 0.1) is 0 Å². The van der Waals surface area contributed by atoms with Crippen molar-refractivity contribution in [1.82, 2.24) is 10.6 Å². The number of carbonyl (C=O) groups excluding carboxylic acids is 8. The second kappa shape index (κ2) is 56.7. The van der Waals surface area contributed by atoms with E-state index < -0.39 is 48.4 Å². The molecule has 0 spiro atoms. The van der Waals surface area contributed by atoms with Crippen molar-refractivity contribution in [3.05, 3.63) is 50.1 Å². The van der Waals surface area contributed by atoms with Crippen LogP contribution in [-0.2, 0) is 91.3 Å². The standard InChI is InChI=1S/C18H28N2O8.C7H12O3.C6H8O3.C3H2N2O2.3CH4.2CH2.HI.2V/c1-6-13(9-25-15(21)8-3)27-17(23)19-11-20-18(24)28-14(7-2)10-26-16(22)12(4)5;1-3-6(8)5-10-7(9)4-2;1-2-6(7)9-4-5-3-8-5;6-2-4-1-5-3-7;;;;;;;;/h8,13-14H,3-4,6-7,9-11H2,1-2,5H3,(H,19,23)(H,20,24);4,6,8H,2-3,5H2,1H3;2,5H,1,3-4H2;1H2;3*1H4;2*1H2;1H;;/q;;;;;;;;;;;+1/p-1. The van der Waals surface area contributed by atoms with Gasteiger partial charge >= 0.3 is 95.9 Å². The Kier molecular flexibility index (Phi) is 68.7. The number of aliphatic hydroxyl groups is 1. The van der Waals surface area contributed by atoms with Gasteiger partial charge < -0.3 is 48.9 Å². The van der Waals surface area contributed by atoms with Crippen molar-refractivity contribution < 1.29 is 106 Å². The molecule has 1 heterocycles. The molecule has 62 heavy (non-hydrogen) atoms. The molecule has 20 nitrogen and oxygen atoms in total. The van der Waals surface area contributed by atoms with E-state index in [0.717, 1.165) is 18.2 Å². The average Bonchev–Trinajstić information content (AvgIpc) is 4.08. The van der Waals surface area contributed by atoms with E-state index in [0.29, 0.717) is 44.9 Å². The summed E-state index contributed by atoms with van der Waals surface area (Å²) in [5.74, 6) is -2.07. The van der Waals surface area contributed by atoms with Crippen molar-refractivity contribution in [3.8, 4) is 0 Å². The van der Waals surface area contributed by atoms with E-state index in [1.54, 1.807) is 13.8 Å². The molecular formula is C39H66IN4O16V2. The molecule has 0 bridgehead atoms. The average molecular weight is 1080 g/mol. The number of hydrogen-bond acceptors (Lipinski definition) is 18. The molecule has 1 fully saturated rings. The third-order valence-electron chi connectivity index (χ3n) is 5.56. The number of nitrogens with one attached hydrogen (secondary N) is 2. The first-order valence-corrected chi connectivity index (χ1v) is 23.4. The van der Waals surface area contributed by atoms with Gasteiger partial charge in [-0.2, -0.15) is 9.98 Å². The van der Waals surface area contributed by atoms with Crippen LogP contribution in [0.5, 0.6) is 0 Å². The molecule has 2 amide bonds. The summed E-state index contributed by atoms with van der Waals surface area (Å²) in [6.45, 7) is 20.5. The molecule has 0 aromatic rings. The van der Waals surface area contributed by atoms with E-state index >= 15 is 0 Å². The second-order valence-electron chi connectivity index (χ2n) is 10.1. The number of hydrogen-bond donors (Lipinski definition) is 3. The van der Waals surface area contributed by atoms with E-state index in [-0.39, 0.29) is 73.1 Å². The number of nitrogens with zero attached hydrogens (tertiary/aromatic N) is 2. The summed E-state index contributed by atoms with van der Waals surface area (Å²) in [7, 11) is 0. The zero-order valence-corrected chi connectivity index (χ0v) is 38.5. The second-order valence-corrected chi connectivity index (χ2v) is 13.2. The molecule has 355 valence electrons. The number of carbonyl (C=O) groups is 6. The summed E-state index contributed by atoms with van der Waals surface area (Å²) in [4.78, 5) is 90.7. The summed E-state index contributed by atoms with van der Waals surface area (Å²) in [6, 6.07) is 0. The quantitative estimate of drug-likeness (QED) is 0.0205. The minimum absolute atomic E-state index is 0. The molecule has 0 aromatic heterocycles. The van der Waals surface area contributed by atoms with E-state index in [1.807, 2.05) is 6.92 Å². The first-order chi connectivity index (χ1) is 28.1. The zero-order valence-electron chi connectivity index (χ0n) is 33.6. The Morgan fingerprint density at radius 1 is 0.806 bits per heavy atom. The molecule has 1 aliphatic rings. The number of epoxide rings is 1. The summed E-state index contributed by atoms with van der Waals surface area (Å²) in [5, 5.41) is 20.3. The van der Waals surface area contributed by atoms with Crippen LogP contribution in [0.25, 0.3) is 0 Å². The summed E-state index contributed by atoms with van der Waals surface area (Å²) in [5.41, 5.74) is 0.242.